The summed E-state index contributed by atoms with van der Waals surface area (Å²) in [4.78, 5) is 18.9. The molecular weight excluding hydrogens is 347 g/mol. The zero-order valence-corrected chi connectivity index (χ0v) is 15.0. The molecule has 1 fully saturated rings. The van der Waals surface area contributed by atoms with Crippen molar-refractivity contribution in [1.29, 1.82) is 0 Å². The van der Waals surface area contributed by atoms with Crippen LogP contribution in [0.25, 0.3) is 0 Å². The Morgan fingerprint density at radius 3 is 2.62 bits per heavy atom. The highest BCUT2D eigenvalue weighted by Gasteiger charge is 2.12. The molecule has 0 bridgehead atoms. The van der Waals surface area contributed by atoms with E-state index < -0.39 is 0 Å². The Morgan fingerprint density at radius 2 is 2.00 bits per heavy atom. The molecule has 1 amide bonds. The number of anilines is 2. The predicted molar refractivity (Wildman–Crippen MR) is 101 cm³/mol. The van der Waals surface area contributed by atoms with E-state index in [9.17, 15) is 4.79 Å². The van der Waals surface area contributed by atoms with Crippen molar-refractivity contribution in [2.75, 3.05) is 36.4 Å². The average Bonchev–Trinajstić information content (AvgIpc) is 2.55. The van der Waals surface area contributed by atoms with E-state index in [0.29, 0.717) is 16.4 Å². The molecule has 24 heavy (non-hydrogen) atoms. The van der Waals surface area contributed by atoms with Crippen LogP contribution in [0.15, 0.2) is 36.5 Å². The van der Waals surface area contributed by atoms with Gasteiger partial charge >= 0.3 is 0 Å². The molecule has 1 saturated heterocycles. The maximum Gasteiger partial charge on any atom is 0.256 e. The van der Waals surface area contributed by atoms with Gasteiger partial charge in [-0.1, -0.05) is 11.6 Å². The molecule has 1 aromatic heterocycles. The van der Waals surface area contributed by atoms with Gasteiger partial charge in [0.15, 0.2) is 0 Å². The van der Waals surface area contributed by atoms with Crippen LogP contribution in [0, 0.1) is 6.92 Å². The third-order valence-electron chi connectivity index (χ3n) is 3.78. The number of halogens is 2. The molecule has 0 atom stereocenters. The number of aryl methyl sites for hydroxylation is 1. The molecule has 0 aliphatic carbocycles. The second-order valence-corrected chi connectivity index (χ2v) is 6.05. The Balaban J connectivity index is 0.00000208. The third-order valence-corrected chi connectivity index (χ3v) is 3.99. The van der Waals surface area contributed by atoms with Crippen molar-refractivity contribution in [2.45, 2.75) is 6.92 Å². The minimum Gasteiger partial charge on any atom is -0.368 e. The van der Waals surface area contributed by atoms with E-state index in [4.69, 9.17) is 11.6 Å². The highest BCUT2D eigenvalue weighted by atomic mass is 35.5. The normalized spacial score (nSPS) is 14.0. The molecule has 1 aliphatic rings. The second kappa shape index (κ2) is 8.33. The number of aromatic nitrogens is 1. The summed E-state index contributed by atoms with van der Waals surface area (Å²) in [5.41, 5.74) is 2.55. The summed E-state index contributed by atoms with van der Waals surface area (Å²) in [5.74, 6) is 0.324. The molecule has 2 aromatic rings. The largest absolute Gasteiger partial charge is 0.368 e. The standard InChI is InChI=1S/C17H19ClN4O.ClH/c1-12-8-13(10-14(18)9-12)17(23)21-16-3-2-15(11-20-16)22-6-4-19-5-7-22;/h2-3,8-11,19H,4-7H2,1H3,(H,20,21,23);1H. The second-order valence-electron chi connectivity index (χ2n) is 5.61. The van der Waals surface area contributed by atoms with Crippen LogP contribution in [-0.2, 0) is 0 Å². The van der Waals surface area contributed by atoms with E-state index in [-0.39, 0.29) is 18.3 Å². The molecule has 1 aromatic carbocycles. The van der Waals surface area contributed by atoms with Crippen LogP contribution in [0.3, 0.4) is 0 Å². The van der Waals surface area contributed by atoms with E-state index in [1.807, 2.05) is 25.1 Å². The van der Waals surface area contributed by atoms with Gasteiger partial charge < -0.3 is 15.5 Å². The summed E-state index contributed by atoms with van der Waals surface area (Å²) in [6.45, 7) is 5.80. The number of carbonyl (C=O) groups is 1. The smallest absolute Gasteiger partial charge is 0.256 e. The minimum atomic E-state index is -0.210. The van der Waals surface area contributed by atoms with Gasteiger partial charge in [0.05, 0.1) is 11.9 Å². The molecule has 5 nitrogen and oxygen atoms in total. The molecule has 0 saturated carbocycles. The summed E-state index contributed by atoms with van der Waals surface area (Å²) >= 11 is 6.00. The summed E-state index contributed by atoms with van der Waals surface area (Å²) in [6.07, 6.45) is 1.80. The van der Waals surface area contributed by atoms with Crippen molar-refractivity contribution in [3.8, 4) is 0 Å². The van der Waals surface area contributed by atoms with Crippen LogP contribution in [0.4, 0.5) is 11.5 Å². The van der Waals surface area contributed by atoms with Gasteiger partial charge in [0, 0.05) is 36.8 Å². The maximum atomic E-state index is 12.3. The van der Waals surface area contributed by atoms with Crippen LogP contribution in [-0.4, -0.2) is 37.1 Å². The maximum absolute atomic E-state index is 12.3. The third kappa shape index (κ3) is 4.60. The first-order valence-electron chi connectivity index (χ1n) is 7.62. The first-order chi connectivity index (χ1) is 11.1. The number of amides is 1. The van der Waals surface area contributed by atoms with Crippen LogP contribution in [0.2, 0.25) is 5.02 Å². The highest BCUT2D eigenvalue weighted by Crippen LogP contribution is 2.18. The molecule has 0 spiro atoms. The van der Waals surface area contributed by atoms with E-state index in [1.54, 1.807) is 18.3 Å². The molecule has 7 heteroatoms. The topological polar surface area (TPSA) is 57.3 Å². The van der Waals surface area contributed by atoms with Gasteiger partial charge in [-0.25, -0.2) is 4.98 Å². The summed E-state index contributed by atoms with van der Waals surface area (Å²) in [6, 6.07) is 9.08. The van der Waals surface area contributed by atoms with Crippen LogP contribution >= 0.6 is 24.0 Å². The number of benzene rings is 1. The lowest BCUT2D eigenvalue weighted by Gasteiger charge is -2.29. The molecule has 128 valence electrons. The van der Waals surface area contributed by atoms with Crippen LogP contribution in [0.5, 0.6) is 0 Å². The van der Waals surface area contributed by atoms with Crippen molar-refractivity contribution in [3.05, 3.63) is 52.7 Å². The number of nitrogens with one attached hydrogen (secondary N) is 2. The Hall–Kier alpha value is -1.82. The number of piperazine rings is 1. The summed E-state index contributed by atoms with van der Waals surface area (Å²) < 4.78 is 0. The summed E-state index contributed by atoms with van der Waals surface area (Å²) in [5, 5.41) is 6.68. The van der Waals surface area contributed by atoms with Gasteiger partial charge in [0.25, 0.3) is 5.91 Å². The van der Waals surface area contributed by atoms with Crippen LogP contribution < -0.4 is 15.5 Å². The van der Waals surface area contributed by atoms with E-state index >= 15 is 0 Å². The molecule has 2 N–H and O–H groups in total. The van der Waals surface area contributed by atoms with Crippen molar-refractivity contribution in [2.24, 2.45) is 0 Å². The Kier molecular flexibility index (Phi) is 6.43. The fourth-order valence-electron chi connectivity index (χ4n) is 2.63. The monoisotopic (exact) mass is 366 g/mol. The quantitative estimate of drug-likeness (QED) is 0.875. The average molecular weight is 367 g/mol. The molecule has 0 unspecified atom stereocenters. The van der Waals surface area contributed by atoms with E-state index in [0.717, 1.165) is 37.4 Å². The van der Waals surface area contributed by atoms with Crippen molar-refractivity contribution in [3.63, 3.8) is 0 Å². The molecule has 0 radical (unpaired) electrons. The lowest BCUT2D eigenvalue weighted by atomic mass is 10.1. The lowest BCUT2D eigenvalue weighted by molar-refractivity contribution is 0.102. The van der Waals surface area contributed by atoms with Gasteiger partial charge in [-0.2, -0.15) is 0 Å². The Morgan fingerprint density at radius 1 is 1.25 bits per heavy atom. The van der Waals surface area contributed by atoms with Gasteiger partial charge in [-0.3, -0.25) is 4.79 Å². The fraction of sp³-hybridized carbons (Fsp3) is 0.294. The zero-order chi connectivity index (χ0) is 16.2. The van der Waals surface area contributed by atoms with Gasteiger partial charge in [0.2, 0.25) is 0 Å². The SMILES string of the molecule is Cc1cc(Cl)cc(C(=O)Nc2ccc(N3CCNCC3)cn2)c1.Cl. The molecule has 2 heterocycles. The lowest BCUT2D eigenvalue weighted by Crippen LogP contribution is -2.43. The van der Waals surface area contributed by atoms with Crippen molar-refractivity contribution >= 4 is 41.4 Å². The summed E-state index contributed by atoms with van der Waals surface area (Å²) in [7, 11) is 0. The van der Waals surface area contributed by atoms with Crippen LogP contribution in [0.1, 0.15) is 15.9 Å². The van der Waals surface area contributed by atoms with Gasteiger partial charge in [-0.15, -0.1) is 12.4 Å². The Labute approximate surface area is 152 Å². The zero-order valence-electron chi connectivity index (χ0n) is 13.4. The Bertz CT molecular complexity index is 680. The number of carbonyl (C=O) groups excluding carboxylic acids is 1. The number of hydrogen-bond donors (Lipinski definition) is 2. The molecular formula is C17H20Cl2N4O. The first kappa shape index (κ1) is 18.5. The predicted octanol–water partition coefficient (Wildman–Crippen LogP) is 3.13. The number of nitrogens with zero attached hydrogens (tertiary/aromatic N) is 2. The number of pyridine rings is 1. The van der Waals surface area contributed by atoms with Crippen molar-refractivity contribution in [1.82, 2.24) is 10.3 Å². The van der Waals surface area contributed by atoms with E-state index in [2.05, 4.69) is 20.5 Å². The van der Waals surface area contributed by atoms with Gasteiger partial charge in [0.1, 0.15) is 5.82 Å². The fourth-order valence-corrected chi connectivity index (χ4v) is 2.92. The number of hydrogen-bond acceptors (Lipinski definition) is 4. The molecule has 1 aliphatic heterocycles. The van der Waals surface area contributed by atoms with Crippen molar-refractivity contribution < 1.29 is 4.79 Å². The minimum absolute atomic E-state index is 0. The highest BCUT2D eigenvalue weighted by molar-refractivity contribution is 6.31. The van der Waals surface area contributed by atoms with Gasteiger partial charge in [-0.05, 0) is 42.8 Å². The number of rotatable bonds is 3. The first-order valence-corrected chi connectivity index (χ1v) is 8.00. The van der Waals surface area contributed by atoms with E-state index in [1.165, 1.54) is 0 Å². The molecule has 3 rings (SSSR count).